The Hall–Kier alpha value is -0.700. The second-order valence-electron chi connectivity index (χ2n) is 5.14. The van der Waals surface area contributed by atoms with Crippen LogP contribution in [-0.2, 0) is 14.3 Å². The molecule has 4 fully saturated rings. The van der Waals surface area contributed by atoms with Gasteiger partial charge in [0.25, 0.3) is 0 Å². The first kappa shape index (κ1) is 8.60. The lowest BCUT2D eigenvalue weighted by Crippen LogP contribution is -2.62. The molecule has 14 heavy (non-hydrogen) atoms. The monoisotopic (exact) mass is 194 g/mol. The van der Waals surface area contributed by atoms with E-state index in [1.165, 1.54) is 0 Å². The van der Waals surface area contributed by atoms with Gasteiger partial charge in [-0.1, -0.05) is 6.92 Å². The number of rotatable bonds is 2. The predicted octanol–water partition coefficient (Wildman–Crippen LogP) is 0.958. The van der Waals surface area contributed by atoms with Crippen molar-refractivity contribution in [1.29, 1.82) is 0 Å². The SMILES string of the molecule is CC(=O)C1(C)C2CC3OC3(C=O)C1C2. The number of Topliss-reactive ketones (excluding diaryl/α,β-unsaturated/α-hetero) is 1. The molecule has 5 unspecified atom stereocenters. The van der Waals surface area contributed by atoms with Crippen LogP contribution in [0, 0.1) is 17.3 Å². The number of ketones is 1. The summed E-state index contributed by atoms with van der Waals surface area (Å²) in [6, 6.07) is 0. The zero-order valence-electron chi connectivity index (χ0n) is 8.45. The molecule has 3 aliphatic carbocycles. The molecule has 3 heteroatoms. The molecule has 0 spiro atoms. The maximum absolute atomic E-state index is 11.6. The molecule has 4 rings (SSSR count). The minimum Gasteiger partial charge on any atom is -0.358 e. The summed E-state index contributed by atoms with van der Waals surface area (Å²) in [5, 5.41) is 0. The van der Waals surface area contributed by atoms with Gasteiger partial charge in [-0.25, -0.2) is 0 Å². The molecule has 0 radical (unpaired) electrons. The quantitative estimate of drug-likeness (QED) is 0.486. The third-order valence-electron chi connectivity index (χ3n) is 4.87. The fraction of sp³-hybridized carbons (Fsp3) is 0.818. The zero-order valence-corrected chi connectivity index (χ0v) is 8.45. The summed E-state index contributed by atoms with van der Waals surface area (Å²) >= 11 is 0. The van der Waals surface area contributed by atoms with Crippen molar-refractivity contribution >= 4 is 12.1 Å². The Labute approximate surface area is 82.8 Å². The molecule has 1 aliphatic heterocycles. The van der Waals surface area contributed by atoms with Crippen LogP contribution in [0.3, 0.4) is 0 Å². The molecule has 76 valence electrons. The zero-order chi connectivity index (χ0) is 10.1. The van der Waals surface area contributed by atoms with E-state index in [4.69, 9.17) is 4.74 Å². The number of carbonyl (C=O) groups excluding carboxylic acids is 2. The highest BCUT2D eigenvalue weighted by molar-refractivity contribution is 5.86. The molecule has 3 nitrogen and oxygen atoms in total. The Bertz CT molecular complexity index is 337. The minimum atomic E-state index is -0.574. The summed E-state index contributed by atoms with van der Waals surface area (Å²) in [7, 11) is 0. The highest BCUT2D eigenvalue weighted by Crippen LogP contribution is 2.70. The summed E-state index contributed by atoms with van der Waals surface area (Å²) in [5.74, 6) is 0.813. The first-order valence-electron chi connectivity index (χ1n) is 5.21. The standard InChI is InChI=1S/C11H14O3/c1-6(13)10(2)7-3-8(10)11(5-12)9(4-7)14-11/h5,7-9H,3-4H2,1-2H3. The largest absolute Gasteiger partial charge is 0.358 e. The van der Waals surface area contributed by atoms with E-state index in [1.54, 1.807) is 6.92 Å². The number of ether oxygens (including phenoxy) is 1. The van der Waals surface area contributed by atoms with Gasteiger partial charge in [-0.05, 0) is 25.7 Å². The molecule has 0 aromatic rings. The van der Waals surface area contributed by atoms with E-state index in [0.717, 1.165) is 19.1 Å². The maximum atomic E-state index is 11.6. The van der Waals surface area contributed by atoms with Gasteiger partial charge in [-0.3, -0.25) is 4.79 Å². The fourth-order valence-corrected chi connectivity index (χ4v) is 3.62. The highest BCUT2D eigenvalue weighted by atomic mass is 16.6. The molecule has 5 atom stereocenters. The lowest BCUT2D eigenvalue weighted by Gasteiger charge is -2.56. The van der Waals surface area contributed by atoms with Gasteiger partial charge in [0.05, 0.1) is 6.10 Å². The van der Waals surface area contributed by atoms with Gasteiger partial charge in [-0.15, -0.1) is 0 Å². The first-order chi connectivity index (χ1) is 6.55. The van der Waals surface area contributed by atoms with E-state index < -0.39 is 5.60 Å². The molecule has 3 saturated carbocycles. The van der Waals surface area contributed by atoms with Crippen molar-refractivity contribution in [3.05, 3.63) is 0 Å². The van der Waals surface area contributed by atoms with Gasteiger partial charge in [0.15, 0.2) is 11.9 Å². The van der Waals surface area contributed by atoms with Crippen LogP contribution in [0.5, 0.6) is 0 Å². The van der Waals surface area contributed by atoms with Gasteiger partial charge in [0, 0.05) is 11.3 Å². The number of epoxide rings is 1. The molecule has 0 aromatic heterocycles. The van der Waals surface area contributed by atoms with Crippen molar-refractivity contribution in [2.45, 2.75) is 38.4 Å². The first-order valence-corrected chi connectivity index (χ1v) is 5.21. The van der Waals surface area contributed by atoms with Crippen LogP contribution in [-0.4, -0.2) is 23.8 Å². The number of carbonyl (C=O) groups is 2. The van der Waals surface area contributed by atoms with E-state index in [2.05, 4.69) is 0 Å². The van der Waals surface area contributed by atoms with Crippen LogP contribution in [0.2, 0.25) is 0 Å². The molecule has 0 amide bonds. The van der Waals surface area contributed by atoms with Gasteiger partial charge in [0.2, 0.25) is 0 Å². The Morgan fingerprint density at radius 3 is 2.79 bits per heavy atom. The Kier molecular flexibility index (Phi) is 1.29. The molecule has 4 aliphatic rings. The molecule has 1 heterocycles. The Balaban J connectivity index is 2.00. The van der Waals surface area contributed by atoms with E-state index >= 15 is 0 Å². The van der Waals surface area contributed by atoms with Crippen LogP contribution in [0.1, 0.15) is 26.7 Å². The van der Waals surface area contributed by atoms with Crippen molar-refractivity contribution < 1.29 is 14.3 Å². The Morgan fingerprint density at radius 1 is 1.50 bits per heavy atom. The van der Waals surface area contributed by atoms with Crippen molar-refractivity contribution in [2.75, 3.05) is 0 Å². The number of hydrogen-bond acceptors (Lipinski definition) is 3. The molecular weight excluding hydrogens is 180 g/mol. The molecular formula is C11H14O3. The predicted molar refractivity (Wildman–Crippen MR) is 48.7 cm³/mol. The molecule has 1 saturated heterocycles. The van der Waals surface area contributed by atoms with E-state index in [1.807, 2.05) is 6.92 Å². The summed E-state index contributed by atoms with van der Waals surface area (Å²) in [6.07, 6.45) is 2.94. The van der Waals surface area contributed by atoms with Crippen LogP contribution in [0.4, 0.5) is 0 Å². The van der Waals surface area contributed by atoms with E-state index in [0.29, 0.717) is 5.92 Å². The topological polar surface area (TPSA) is 46.7 Å². The van der Waals surface area contributed by atoms with Crippen LogP contribution in [0.25, 0.3) is 0 Å². The van der Waals surface area contributed by atoms with E-state index in [-0.39, 0.29) is 23.2 Å². The normalized spacial score (nSPS) is 58.3. The van der Waals surface area contributed by atoms with Gasteiger partial charge >= 0.3 is 0 Å². The second kappa shape index (κ2) is 2.11. The van der Waals surface area contributed by atoms with Gasteiger partial charge in [0.1, 0.15) is 5.78 Å². The minimum absolute atomic E-state index is 0.121. The summed E-state index contributed by atoms with van der Waals surface area (Å²) in [5.41, 5.74) is -0.858. The van der Waals surface area contributed by atoms with Crippen molar-refractivity contribution in [1.82, 2.24) is 0 Å². The van der Waals surface area contributed by atoms with Crippen LogP contribution < -0.4 is 0 Å². The maximum Gasteiger partial charge on any atom is 0.154 e. The Morgan fingerprint density at radius 2 is 2.21 bits per heavy atom. The average molecular weight is 194 g/mol. The molecule has 0 aromatic carbocycles. The van der Waals surface area contributed by atoms with Crippen LogP contribution >= 0.6 is 0 Å². The number of hydrogen-bond donors (Lipinski definition) is 0. The highest BCUT2D eigenvalue weighted by Gasteiger charge is 2.77. The third-order valence-corrected chi connectivity index (χ3v) is 4.87. The fourth-order valence-electron chi connectivity index (χ4n) is 3.62. The van der Waals surface area contributed by atoms with E-state index in [9.17, 15) is 9.59 Å². The summed E-state index contributed by atoms with van der Waals surface area (Å²) in [6.45, 7) is 3.64. The summed E-state index contributed by atoms with van der Waals surface area (Å²) in [4.78, 5) is 22.6. The molecule has 0 N–H and O–H groups in total. The summed E-state index contributed by atoms with van der Waals surface area (Å²) < 4.78 is 5.49. The lowest BCUT2D eigenvalue weighted by molar-refractivity contribution is -0.156. The van der Waals surface area contributed by atoms with Gasteiger partial charge in [-0.2, -0.15) is 0 Å². The van der Waals surface area contributed by atoms with Crippen molar-refractivity contribution in [3.63, 3.8) is 0 Å². The van der Waals surface area contributed by atoms with Crippen molar-refractivity contribution in [3.8, 4) is 0 Å². The lowest BCUT2D eigenvalue weighted by atomic mass is 9.44. The molecule has 2 bridgehead atoms. The smallest absolute Gasteiger partial charge is 0.154 e. The van der Waals surface area contributed by atoms with Gasteiger partial charge < -0.3 is 9.53 Å². The second-order valence-corrected chi connectivity index (χ2v) is 5.14. The third kappa shape index (κ3) is 0.639. The number of aldehydes is 1. The van der Waals surface area contributed by atoms with Crippen LogP contribution in [0.15, 0.2) is 0 Å². The van der Waals surface area contributed by atoms with Crippen molar-refractivity contribution in [2.24, 2.45) is 17.3 Å². The average Bonchev–Trinajstić information content (AvgIpc) is 2.89.